The van der Waals surface area contributed by atoms with Crippen molar-refractivity contribution in [1.29, 1.82) is 0 Å². The zero-order valence-corrected chi connectivity index (χ0v) is 11.7. The van der Waals surface area contributed by atoms with Gasteiger partial charge in [-0.1, -0.05) is 17.7 Å². The molecule has 18 heavy (non-hydrogen) atoms. The Morgan fingerprint density at radius 3 is 2.94 bits per heavy atom. The van der Waals surface area contributed by atoms with Crippen molar-refractivity contribution < 1.29 is 13.9 Å². The van der Waals surface area contributed by atoms with Crippen LogP contribution in [0.4, 0.5) is 4.39 Å². The molecule has 1 aromatic carbocycles. The third-order valence-electron chi connectivity index (χ3n) is 2.34. The van der Waals surface area contributed by atoms with Crippen molar-refractivity contribution in [1.82, 2.24) is 4.98 Å². The Balaban J connectivity index is 2.75. The summed E-state index contributed by atoms with van der Waals surface area (Å²) in [6.07, 6.45) is 0. The molecule has 6 heteroatoms. The minimum atomic E-state index is -0.632. The number of benzene rings is 1. The second kappa shape index (κ2) is 5.20. The maximum absolute atomic E-state index is 13.7. The van der Waals surface area contributed by atoms with Crippen LogP contribution in [-0.4, -0.2) is 17.6 Å². The van der Waals surface area contributed by atoms with Gasteiger partial charge < -0.3 is 4.74 Å². The van der Waals surface area contributed by atoms with Crippen LogP contribution in [0, 0.1) is 5.82 Å². The summed E-state index contributed by atoms with van der Waals surface area (Å²) in [5, 5.41) is 0.119. The van der Waals surface area contributed by atoms with Gasteiger partial charge in [-0.25, -0.2) is 14.2 Å². The zero-order chi connectivity index (χ0) is 13.3. The lowest BCUT2D eigenvalue weighted by Crippen LogP contribution is -2.08. The molecule has 0 aliphatic rings. The van der Waals surface area contributed by atoms with E-state index in [1.165, 1.54) is 12.1 Å². The second-order valence-electron chi connectivity index (χ2n) is 3.45. The van der Waals surface area contributed by atoms with E-state index in [0.717, 1.165) is 0 Å². The molecule has 0 unspecified atom stereocenters. The van der Waals surface area contributed by atoms with Gasteiger partial charge in [0.15, 0.2) is 0 Å². The number of nitrogens with zero attached hydrogens (tertiary/aromatic N) is 1. The number of carbonyl (C=O) groups is 1. The fourth-order valence-electron chi connectivity index (χ4n) is 1.58. The molecule has 0 aliphatic heterocycles. The Kier molecular flexibility index (Phi) is 3.82. The van der Waals surface area contributed by atoms with Crippen LogP contribution in [-0.2, 0) is 4.74 Å². The van der Waals surface area contributed by atoms with Gasteiger partial charge in [0.2, 0.25) is 0 Å². The summed E-state index contributed by atoms with van der Waals surface area (Å²) in [5.41, 5.74) is 0.413. The molecule has 0 bridgehead atoms. The fraction of sp³-hybridized carbons (Fsp3) is 0.167. The molecule has 0 saturated carbocycles. The summed E-state index contributed by atoms with van der Waals surface area (Å²) in [6, 6.07) is 4.40. The molecule has 0 saturated heterocycles. The van der Waals surface area contributed by atoms with Crippen LogP contribution < -0.4 is 0 Å². The van der Waals surface area contributed by atoms with Crippen molar-refractivity contribution in [2.45, 2.75) is 6.92 Å². The lowest BCUT2D eigenvalue weighted by molar-refractivity contribution is 0.0525. The second-order valence-corrected chi connectivity index (χ2v) is 4.58. The lowest BCUT2D eigenvalue weighted by atomic mass is 10.1. The van der Waals surface area contributed by atoms with Gasteiger partial charge in [-0.15, -0.1) is 0 Å². The molecular formula is C12H8BrClFNO2. The first-order valence-electron chi connectivity index (χ1n) is 5.16. The van der Waals surface area contributed by atoms with Gasteiger partial charge in [0.25, 0.3) is 0 Å². The first kappa shape index (κ1) is 13.2. The highest BCUT2D eigenvalue weighted by atomic mass is 79.9. The lowest BCUT2D eigenvalue weighted by Gasteiger charge is -2.09. The van der Waals surface area contributed by atoms with Gasteiger partial charge in [-0.3, -0.25) is 0 Å². The third kappa shape index (κ3) is 2.20. The van der Waals surface area contributed by atoms with Crippen LogP contribution in [0.3, 0.4) is 0 Å². The minimum absolute atomic E-state index is 0.00317. The largest absolute Gasteiger partial charge is 0.462 e. The molecule has 0 N–H and O–H groups in total. The number of aromatic nitrogens is 1. The molecule has 0 fully saturated rings. The van der Waals surface area contributed by atoms with E-state index < -0.39 is 11.8 Å². The van der Waals surface area contributed by atoms with Crippen LogP contribution in [0.15, 0.2) is 22.8 Å². The van der Waals surface area contributed by atoms with Gasteiger partial charge in [-0.05, 0) is 35.0 Å². The van der Waals surface area contributed by atoms with Gasteiger partial charge in [0.1, 0.15) is 16.0 Å². The fourth-order valence-corrected chi connectivity index (χ4v) is 2.60. The van der Waals surface area contributed by atoms with Crippen LogP contribution in [0.25, 0.3) is 10.9 Å². The molecular weight excluding hydrogens is 324 g/mol. The number of hydrogen-bond donors (Lipinski definition) is 0. The maximum Gasteiger partial charge on any atom is 0.342 e. The van der Waals surface area contributed by atoms with Gasteiger partial charge in [0.05, 0.1) is 22.5 Å². The average Bonchev–Trinajstić information content (AvgIpc) is 2.28. The van der Waals surface area contributed by atoms with Crippen LogP contribution in [0.2, 0.25) is 5.02 Å². The molecule has 0 spiro atoms. The summed E-state index contributed by atoms with van der Waals surface area (Å²) < 4.78 is 18.8. The van der Waals surface area contributed by atoms with Crippen LogP contribution in [0.5, 0.6) is 0 Å². The number of ether oxygens (including phenoxy) is 1. The number of rotatable bonds is 2. The topological polar surface area (TPSA) is 39.2 Å². The van der Waals surface area contributed by atoms with E-state index in [1.54, 1.807) is 13.0 Å². The summed E-state index contributed by atoms with van der Waals surface area (Å²) in [7, 11) is 0. The van der Waals surface area contributed by atoms with E-state index >= 15 is 0 Å². The average molecular weight is 333 g/mol. The summed E-state index contributed by atoms with van der Waals surface area (Å²) >= 11 is 9.22. The predicted octanol–water partition coefficient (Wildman–Crippen LogP) is 3.97. The first-order valence-corrected chi connectivity index (χ1v) is 6.33. The van der Waals surface area contributed by atoms with Gasteiger partial charge >= 0.3 is 5.97 Å². The Hall–Kier alpha value is -1.20. The summed E-state index contributed by atoms with van der Waals surface area (Å²) in [4.78, 5) is 15.8. The Labute approximate surface area is 116 Å². The molecule has 0 aliphatic carbocycles. The Bertz CT molecular complexity index is 633. The van der Waals surface area contributed by atoms with Crippen molar-refractivity contribution in [2.75, 3.05) is 6.61 Å². The van der Waals surface area contributed by atoms with Gasteiger partial charge in [0, 0.05) is 0 Å². The van der Waals surface area contributed by atoms with Crippen molar-refractivity contribution in [3.05, 3.63) is 39.2 Å². The van der Waals surface area contributed by atoms with Crippen molar-refractivity contribution in [3.63, 3.8) is 0 Å². The molecule has 0 amide bonds. The SMILES string of the molecule is CCOC(=O)c1c(Br)nc2cccc(F)c2c1Cl. The van der Waals surface area contributed by atoms with Crippen LogP contribution in [0.1, 0.15) is 17.3 Å². The summed E-state index contributed by atoms with van der Waals surface area (Å²) in [5.74, 6) is -1.16. The molecule has 2 aromatic rings. The van der Waals surface area contributed by atoms with Crippen molar-refractivity contribution >= 4 is 44.4 Å². The molecule has 0 atom stereocenters. The van der Waals surface area contributed by atoms with E-state index in [2.05, 4.69) is 20.9 Å². The molecule has 2 rings (SSSR count). The number of pyridine rings is 1. The number of esters is 1. The minimum Gasteiger partial charge on any atom is -0.462 e. The first-order chi connectivity index (χ1) is 8.56. The van der Waals surface area contributed by atoms with E-state index in [4.69, 9.17) is 16.3 Å². The predicted molar refractivity (Wildman–Crippen MR) is 70.4 cm³/mol. The summed E-state index contributed by atoms with van der Waals surface area (Å²) in [6.45, 7) is 1.88. The van der Waals surface area contributed by atoms with Gasteiger partial charge in [-0.2, -0.15) is 0 Å². The number of carbonyl (C=O) groups excluding carboxylic acids is 1. The maximum atomic E-state index is 13.7. The Morgan fingerprint density at radius 2 is 2.28 bits per heavy atom. The highest BCUT2D eigenvalue weighted by Gasteiger charge is 2.21. The van der Waals surface area contributed by atoms with Crippen molar-refractivity contribution in [3.8, 4) is 0 Å². The highest BCUT2D eigenvalue weighted by molar-refractivity contribution is 9.10. The normalized spacial score (nSPS) is 10.7. The quantitative estimate of drug-likeness (QED) is 0.617. The molecule has 1 aromatic heterocycles. The molecule has 1 heterocycles. The van der Waals surface area contributed by atoms with Crippen LogP contribution >= 0.6 is 27.5 Å². The smallest absolute Gasteiger partial charge is 0.342 e. The Morgan fingerprint density at radius 1 is 1.56 bits per heavy atom. The van der Waals surface area contributed by atoms with E-state index in [0.29, 0.717) is 5.52 Å². The number of hydrogen-bond acceptors (Lipinski definition) is 3. The third-order valence-corrected chi connectivity index (χ3v) is 3.29. The van der Waals surface area contributed by atoms with E-state index in [-0.39, 0.29) is 27.2 Å². The number of fused-ring (bicyclic) bond motifs is 1. The standard InChI is InChI=1S/C12H8BrClFNO2/c1-2-18-12(17)9-10(14)8-6(15)4-3-5-7(8)16-11(9)13/h3-5H,2H2,1H3. The number of halogens is 3. The monoisotopic (exact) mass is 331 g/mol. The highest BCUT2D eigenvalue weighted by Crippen LogP contribution is 2.33. The molecule has 0 radical (unpaired) electrons. The van der Waals surface area contributed by atoms with E-state index in [9.17, 15) is 9.18 Å². The van der Waals surface area contributed by atoms with Crippen molar-refractivity contribution in [2.24, 2.45) is 0 Å². The van der Waals surface area contributed by atoms with E-state index in [1.807, 2.05) is 0 Å². The molecule has 3 nitrogen and oxygen atoms in total. The molecule has 94 valence electrons. The zero-order valence-electron chi connectivity index (χ0n) is 9.34.